The van der Waals surface area contributed by atoms with Gasteiger partial charge in [-0.1, -0.05) is 26.8 Å². The number of carbonyl (C=O) groups excluding carboxylic acids is 1. The highest BCUT2D eigenvalue weighted by atomic mass is 19.1. The SMILES string of the molecule is Cc1ccc(-n2cccn2)c(C(=O)N2CCC3CN(C(=O)O)C3(C(C)(C)C)C2)c1F. The van der Waals surface area contributed by atoms with E-state index in [2.05, 4.69) is 5.10 Å². The molecule has 3 heterocycles. The number of carboxylic acid groups (broad SMARTS) is 1. The first-order chi connectivity index (χ1) is 14.1. The molecule has 1 N–H and O–H groups in total. The van der Waals surface area contributed by atoms with Gasteiger partial charge in [0.1, 0.15) is 11.4 Å². The molecular formula is C22H27FN4O3. The van der Waals surface area contributed by atoms with E-state index in [1.165, 1.54) is 9.58 Å². The van der Waals surface area contributed by atoms with Crippen molar-refractivity contribution in [3.8, 4) is 5.69 Å². The van der Waals surface area contributed by atoms with Crippen LogP contribution in [0.25, 0.3) is 5.69 Å². The van der Waals surface area contributed by atoms with Gasteiger partial charge in [-0.2, -0.15) is 5.10 Å². The van der Waals surface area contributed by atoms with Gasteiger partial charge in [0, 0.05) is 37.9 Å². The van der Waals surface area contributed by atoms with Crippen LogP contribution < -0.4 is 0 Å². The fraction of sp³-hybridized carbons (Fsp3) is 0.500. The average Bonchev–Trinajstić information content (AvgIpc) is 3.17. The second-order valence-corrected chi connectivity index (χ2v) is 9.32. The molecule has 2 fully saturated rings. The lowest BCUT2D eigenvalue weighted by Crippen LogP contribution is -2.80. The van der Waals surface area contributed by atoms with Gasteiger partial charge in [0.15, 0.2) is 0 Å². The summed E-state index contributed by atoms with van der Waals surface area (Å²) in [6, 6.07) is 5.03. The Kier molecular flexibility index (Phi) is 4.63. The van der Waals surface area contributed by atoms with Crippen molar-refractivity contribution in [2.24, 2.45) is 11.3 Å². The van der Waals surface area contributed by atoms with Gasteiger partial charge in [-0.25, -0.2) is 13.9 Å². The third-order valence-corrected chi connectivity index (χ3v) is 6.83. The van der Waals surface area contributed by atoms with Crippen LogP contribution in [0.5, 0.6) is 0 Å². The molecule has 160 valence electrons. The number of nitrogens with zero attached hydrogens (tertiary/aromatic N) is 4. The quantitative estimate of drug-likeness (QED) is 0.815. The number of benzene rings is 1. The summed E-state index contributed by atoms with van der Waals surface area (Å²) in [5.74, 6) is -0.810. The summed E-state index contributed by atoms with van der Waals surface area (Å²) in [5.41, 5.74) is -0.320. The van der Waals surface area contributed by atoms with Crippen molar-refractivity contribution in [2.45, 2.75) is 39.7 Å². The lowest BCUT2D eigenvalue weighted by molar-refractivity contribution is -0.158. The molecule has 2 aliphatic heterocycles. The molecule has 7 nitrogen and oxygen atoms in total. The van der Waals surface area contributed by atoms with Crippen molar-refractivity contribution < 1.29 is 19.1 Å². The maximum atomic E-state index is 15.2. The van der Waals surface area contributed by atoms with E-state index >= 15 is 4.39 Å². The number of piperidine rings is 1. The number of aromatic nitrogens is 2. The van der Waals surface area contributed by atoms with Crippen LogP contribution in [0.15, 0.2) is 30.6 Å². The Bertz CT molecular complexity index is 999. The maximum absolute atomic E-state index is 15.2. The minimum absolute atomic E-state index is 0.0255. The number of amides is 2. The third-order valence-electron chi connectivity index (χ3n) is 6.83. The third kappa shape index (κ3) is 2.80. The summed E-state index contributed by atoms with van der Waals surface area (Å²) in [4.78, 5) is 28.6. The van der Waals surface area contributed by atoms with E-state index in [0.717, 1.165) is 0 Å². The first kappa shape index (κ1) is 20.4. The Labute approximate surface area is 175 Å². The lowest BCUT2D eigenvalue weighted by Gasteiger charge is -2.67. The van der Waals surface area contributed by atoms with Crippen molar-refractivity contribution in [1.29, 1.82) is 0 Å². The second kappa shape index (κ2) is 6.82. The van der Waals surface area contributed by atoms with Crippen LogP contribution in [0.1, 0.15) is 43.1 Å². The highest BCUT2D eigenvalue weighted by molar-refractivity contribution is 5.98. The van der Waals surface area contributed by atoms with Crippen LogP contribution in [-0.2, 0) is 0 Å². The van der Waals surface area contributed by atoms with Crippen molar-refractivity contribution in [3.63, 3.8) is 0 Å². The molecule has 2 unspecified atom stereocenters. The Hall–Kier alpha value is -2.90. The van der Waals surface area contributed by atoms with E-state index in [4.69, 9.17) is 0 Å². The molecule has 8 heteroatoms. The molecule has 0 saturated carbocycles. The molecule has 1 aromatic carbocycles. The predicted octanol–water partition coefficient (Wildman–Crippen LogP) is 3.56. The summed E-state index contributed by atoms with van der Waals surface area (Å²) in [6.45, 7) is 8.84. The van der Waals surface area contributed by atoms with Gasteiger partial charge < -0.3 is 10.0 Å². The summed E-state index contributed by atoms with van der Waals surface area (Å²) < 4.78 is 16.7. The summed E-state index contributed by atoms with van der Waals surface area (Å²) >= 11 is 0. The Morgan fingerprint density at radius 1 is 1.30 bits per heavy atom. The monoisotopic (exact) mass is 414 g/mol. The van der Waals surface area contributed by atoms with Gasteiger partial charge in [0.2, 0.25) is 0 Å². The fourth-order valence-electron chi connectivity index (χ4n) is 5.18. The molecule has 2 saturated heterocycles. The van der Waals surface area contributed by atoms with Crippen LogP contribution in [0.4, 0.5) is 9.18 Å². The van der Waals surface area contributed by atoms with Crippen LogP contribution in [0, 0.1) is 24.1 Å². The van der Waals surface area contributed by atoms with Crippen molar-refractivity contribution in [1.82, 2.24) is 19.6 Å². The van der Waals surface area contributed by atoms with Crippen LogP contribution >= 0.6 is 0 Å². The van der Waals surface area contributed by atoms with Gasteiger partial charge in [0.05, 0.1) is 11.2 Å². The first-order valence-corrected chi connectivity index (χ1v) is 10.2. The zero-order chi connectivity index (χ0) is 21.8. The number of rotatable bonds is 2. The van der Waals surface area contributed by atoms with E-state index in [-0.39, 0.29) is 23.4 Å². The molecule has 2 aromatic rings. The van der Waals surface area contributed by atoms with Gasteiger partial charge in [-0.3, -0.25) is 9.69 Å². The van der Waals surface area contributed by atoms with Crippen molar-refractivity contribution in [2.75, 3.05) is 19.6 Å². The van der Waals surface area contributed by atoms with Crippen LogP contribution in [0.2, 0.25) is 0 Å². The average molecular weight is 414 g/mol. The molecule has 0 radical (unpaired) electrons. The molecule has 1 aromatic heterocycles. The number of halogens is 1. The Morgan fingerprint density at radius 3 is 2.63 bits per heavy atom. The van der Waals surface area contributed by atoms with Gasteiger partial charge >= 0.3 is 6.09 Å². The number of aryl methyl sites for hydroxylation is 1. The number of fused-ring (bicyclic) bond motifs is 1. The normalized spacial score (nSPS) is 23.7. The molecule has 2 atom stereocenters. The zero-order valence-corrected chi connectivity index (χ0v) is 17.7. The minimum Gasteiger partial charge on any atom is -0.465 e. The van der Waals surface area contributed by atoms with Gasteiger partial charge in [-0.15, -0.1) is 0 Å². The molecule has 0 bridgehead atoms. The summed E-state index contributed by atoms with van der Waals surface area (Å²) in [5, 5.41) is 13.9. The number of carbonyl (C=O) groups is 2. The zero-order valence-electron chi connectivity index (χ0n) is 17.7. The van der Waals surface area contributed by atoms with Gasteiger partial charge in [0.25, 0.3) is 5.91 Å². The number of hydrogen-bond acceptors (Lipinski definition) is 3. The van der Waals surface area contributed by atoms with Crippen molar-refractivity contribution in [3.05, 3.63) is 47.5 Å². The topological polar surface area (TPSA) is 78.7 Å². The Balaban J connectivity index is 1.75. The molecule has 30 heavy (non-hydrogen) atoms. The Morgan fingerprint density at radius 2 is 2.03 bits per heavy atom. The molecule has 4 rings (SSSR count). The van der Waals surface area contributed by atoms with E-state index in [9.17, 15) is 14.7 Å². The second-order valence-electron chi connectivity index (χ2n) is 9.32. The van der Waals surface area contributed by atoms with Crippen LogP contribution in [0.3, 0.4) is 0 Å². The standard InChI is InChI=1S/C22H27FN4O3/c1-14-6-7-16(27-10-5-9-24-27)17(18(14)23)19(28)25-11-8-15-12-26(20(29)30)22(15,13-25)21(2,3)4/h5-7,9-10,15H,8,11-13H2,1-4H3,(H,29,30). The number of hydrogen-bond donors (Lipinski definition) is 1. The molecule has 2 amide bonds. The van der Waals surface area contributed by atoms with E-state index < -0.39 is 23.4 Å². The molecule has 0 aliphatic carbocycles. The fourth-order valence-corrected chi connectivity index (χ4v) is 5.18. The van der Waals surface area contributed by atoms with Crippen LogP contribution in [-0.4, -0.2) is 61.9 Å². The molecule has 0 spiro atoms. The first-order valence-electron chi connectivity index (χ1n) is 10.2. The number of likely N-dealkylation sites (tertiary alicyclic amines) is 2. The minimum atomic E-state index is -0.977. The van der Waals surface area contributed by atoms with Crippen molar-refractivity contribution >= 4 is 12.0 Å². The predicted molar refractivity (Wildman–Crippen MR) is 109 cm³/mol. The highest BCUT2D eigenvalue weighted by Crippen LogP contribution is 2.53. The highest BCUT2D eigenvalue weighted by Gasteiger charge is 2.64. The largest absolute Gasteiger partial charge is 0.465 e. The maximum Gasteiger partial charge on any atom is 0.407 e. The molecular weight excluding hydrogens is 387 g/mol. The summed E-state index contributed by atoms with van der Waals surface area (Å²) in [6.07, 6.45) is 2.96. The summed E-state index contributed by atoms with van der Waals surface area (Å²) in [7, 11) is 0. The van der Waals surface area contributed by atoms with E-state index in [0.29, 0.717) is 30.8 Å². The lowest BCUT2D eigenvalue weighted by atomic mass is 9.57. The van der Waals surface area contributed by atoms with E-state index in [1.807, 2.05) is 20.8 Å². The smallest absolute Gasteiger partial charge is 0.407 e. The van der Waals surface area contributed by atoms with Gasteiger partial charge in [-0.05, 0) is 36.5 Å². The van der Waals surface area contributed by atoms with E-state index in [1.54, 1.807) is 42.4 Å². The molecule has 2 aliphatic rings.